The van der Waals surface area contributed by atoms with E-state index in [-0.39, 0.29) is 26.0 Å². The quantitative estimate of drug-likeness (QED) is 0.656. The Morgan fingerprint density at radius 3 is 2.26 bits per heavy atom. The molecule has 3 N–H and O–H groups in total. The standard InChI is InChI=1S/C16H28F2N2O3/c1-20(10-11-21)14(6-3-2-4-7-14)12-19-13(22)16(17,18)15(23)8-5-9-15/h21,23H,2-12H2,1H3,(H,19,22). The second-order valence-electron chi connectivity index (χ2n) is 7.07. The predicted octanol–water partition coefficient (Wildman–Crippen LogP) is 1.28. The average Bonchev–Trinajstić information content (AvgIpc) is 2.51. The Hall–Kier alpha value is -0.790. The molecule has 0 radical (unpaired) electrons. The number of carbonyl (C=O) groups is 1. The van der Waals surface area contributed by atoms with E-state index in [2.05, 4.69) is 5.32 Å². The highest BCUT2D eigenvalue weighted by atomic mass is 19.3. The first-order valence-electron chi connectivity index (χ1n) is 8.48. The minimum atomic E-state index is -3.75. The second-order valence-corrected chi connectivity index (χ2v) is 7.07. The first kappa shape index (κ1) is 18.5. The molecule has 7 heteroatoms. The van der Waals surface area contributed by atoms with E-state index in [0.29, 0.717) is 13.0 Å². The summed E-state index contributed by atoms with van der Waals surface area (Å²) in [6, 6.07) is 0. The van der Waals surface area contributed by atoms with Crippen LogP contribution in [-0.4, -0.2) is 64.8 Å². The van der Waals surface area contributed by atoms with Crippen molar-refractivity contribution in [3.05, 3.63) is 0 Å². The number of halogens is 2. The van der Waals surface area contributed by atoms with Crippen LogP contribution in [0, 0.1) is 0 Å². The number of likely N-dealkylation sites (N-methyl/N-ethyl adjacent to an activating group) is 1. The van der Waals surface area contributed by atoms with Crippen molar-refractivity contribution < 1.29 is 23.8 Å². The van der Waals surface area contributed by atoms with Crippen LogP contribution in [0.2, 0.25) is 0 Å². The molecular formula is C16H28F2N2O3. The Kier molecular flexibility index (Phi) is 5.63. The molecule has 0 aliphatic heterocycles. The number of nitrogens with zero attached hydrogens (tertiary/aromatic N) is 1. The van der Waals surface area contributed by atoms with Crippen LogP contribution in [0.25, 0.3) is 0 Å². The van der Waals surface area contributed by atoms with Crippen LogP contribution in [-0.2, 0) is 4.79 Å². The Morgan fingerprint density at radius 2 is 1.78 bits per heavy atom. The topological polar surface area (TPSA) is 72.8 Å². The maximum atomic E-state index is 14.2. The molecule has 0 aromatic carbocycles. The third kappa shape index (κ3) is 3.51. The van der Waals surface area contributed by atoms with Gasteiger partial charge in [-0.25, -0.2) is 0 Å². The summed E-state index contributed by atoms with van der Waals surface area (Å²) in [7, 11) is 1.85. The zero-order valence-electron chi connectivity index (χ0n) is 13.8. The smallest absolute Gasteiger partial charge is 0.352 e. The summed E-state index contributed by atoms with van der Waals surface area (Å²) in [4.78, 5) is 13.9. The number of hydrogen-bond acceptors (Lipinski definition) is 4. The van der Waals surface area contributed by atoms with Gasteiger partial charge in [0.25, 0.3) is 5.91 Å². The van der Waals surface area contributed by atoms with Crippen molar-refractivity contribution in [3.8, 4) is 0 Å². The van der Waals surface area contributed by atoms with Gasteiger partial charge in [0, 0.05) is 18.6 Å². The van der Waals surface area contributed by atoms with Gasteiger partial charge >= 0.3 is 5.92 Å². The van der Waals surface area contributed by atoms with Crippen LogP contribution in [0.4, 0.5) is 8.78 Å². The summed E-state index contributed by atoms with van der Waals surface area (Å²) < 4.78 is 28.3. The Labute approximate surface area is 136 Å². The molecule has 2 saturated carbocycles. The number of rotatable bonds is 7. The van der Waals surface area contributed by atoms with Gasteiger partial charge in [-0.2, -0.15) is 8.78 Å². The molecule has 2 fully saturated rings. The van der Waals surface area contributed by atoms with Gasteiger partial charge in [-0.3, -0.25) is 9.69 Å². The molecule has 2 aliphatic carbocycles. The fraction of sp³-hybridized carbons (Fsp3) is 0.938. The van der Waals surface area contributed by atoms with E-state index in [0.717, 1.165) is 32.1 Å². The summed E-state index contributed by atoms with van der Waals surface area (Å²) in [5, 5.41) is 21.4. The van der Waals surface area contributed by atoms with Gasteiger partial charge in [0.05, 0.1) is 6.61 Å². The monoisotopic (exact) mass is 334 g/mol. The van der Waals surface area contributed by atoms with Gasteiger partial charge in [-0.05, 0) is 39.2 Å². The fourth-order valence-corrected chi connectivity index (χ4v) is 3.68. The average molecular weight is 334 g/mol. The minimum absolute atomic E-state index is 0.0118. The van der Waals surface area contributed by atoms with Crippen LogP contribution in [0.1, 0.15) is 51.4 Å². The van der Waals surface area contributed by atoms with Crippen LogP contribution in [0.15, 0.2) is 0 Å². The molecule has 0 atom stereocenters. The van der Waals surface area contributed by atoms with Crippen molar-refractivity contribution in [1.82, 2.24) is 10.2 Å². The summed E-state index contributed by atoms with van der Waals surface area (Å²) in [5.41, 5.74) is -2.58. The number of carbonyl (C=O) groups excluding carboxylic acids is 1. The molecule has 5 nitrogen and oxygen atoms in total. The molecule has 0 heterocycles. The largest absolute Gasteiger partial charge is 0.395 e. The number of β-amino-alcohol motifs (C(OH)–C–C–N with tert-alkyl or cyclic N) is 1. The molecule has 134 valence electrons. The molecule has 2 rings (SSSR count). The Balaban J connectivity index is 2.01. The Morgan fingerprint density at radius 1 is 1.17 bits per heavy atom. The highest BCUT2D eigenvalue weighted by Crippen LogP contribution is 2.44. The third-order valence-electron chi connectivity index (χ3n) is 5.66. The molecule has 1 amide bonds. The van der Waals surface area contributed by atoms with Crippen LogP contribution in [0.3, 0.4) is 0 Å². The lowest BCUT2D eigenvalue weighted by atomic mass is 9.75. The SMILES string of the molecule is CN(CCO)C1(CNC(=O)C(F)(F)C2(O)CCC2)CCCCC1. The summed E-state index contributed by atoms with van der Waals surface area (Å²) in [6.45, 7) is 0.548. The highest BCUT2D eigenvalue weighted by molar-refractivity contribution is 5.85. The predicted molar refractivity (Wildman–Crippen MR) is 82.3 cm³/mol. The van der Waals surface area contributed by atoms with Crippen molar-refractivity contribution in [1.29, 1.82) is 0 Å². The Bertz CT molecular complexity index is 422. The number of hydrogen-bond donors (Lipinski definition) is 3. The van der Waals surface area contributed by atoms with E-state index >= 15 is 0 Å². The van der Waals surface area contributed by atoms with Crippen molar-refractivity contribution in [2.24, 2.45) is 0 Å². The number of alkyl halides is 2. The summed E-state index contributed by atoms with van der Waals surface area (Å²) >= 11 is 0. The van der Waals surface area contributed by atoms with E-state index in [1.165, 1.54) is 0 Å². The molecule has 0 bridgehead atoms. The molecule has 0 aromatic rings. The van der Waals surface area contributed by atoms with Gasteiger partial charge in [0.15, 0.2) is 0 Å². The van der Waals surface area contributed by atoms with Crippen LogP contribution in [0.5, 0.6) is 0 Å². The van der Waals surface area contributed by atoms with Crippen molar-refractivity contribution >= 4 is 5.91 Å². The number of aliphatic hydroxyl groups is 2. The third-order valence-corrected chi connectivity index (χ3v) is 5.66. The first-order valence-corrected chi connectivity index (χ1v) is 8.48. The highest BCUT2D eigenvalue weighted by Gasteiger charge is 2.61. The molecule has 0 spiro atoms. The molecule has 0 saturated heterocycles. The lowest BCUT2D eigenvalue weighted by Crippen LogP contribution is -2.63. The fourth-order valence-electron chi connectivity index (χ4n) is 3.68. The van der Waals surface area contributed by atoms with Gasteiger partial charge in [-0.15, -0.1) is 0 Å². The zero-order valence-corrected chi connectivity index (χ0v) is 13.8. The summed E-state index contributed by atoms with van der Waals surface area (Å²) in [5.74, 6) is -5.14. The van der Waals surface area contributed by atoms with E-state index in [4.69, 9.17) is 5.11 Å². The lowest BCUT2D eigenvalue weighted by molar-refractivity contribution is -0.216. The van der Waals surface area contributed by atoms with Crippen LogP contribution < -0.4 is 5.32 Å². The van der Waals surface area contributed by atoms with E-state index in [1.807, 2.05) is 11.9 Å². The maximum Gasteiger partial charge on any atom is 0.352 e. The number of nitrogens with one attached hydrogen (secondary N) is 1. The molecule has 0 unspecified atom stereocenters. The molecule has 23 heavy (non-hydrogen) atoms. The van der Waals surface area contributed by atoms with E-state index in [9.17, 15) is 18.7 Å². The molecular weight excluding hydrogens is 306 g/mol. The van der Waals surface area contributed by atoms with Crippen molar-refractivity contribution in [2.45, 2.75) is 68.4 Å². The molecule has 0 aromatic heterocycles. The second kappa shape index (κ2) is 6.99. The van der Waals surface area contributed by atoms with Gasteiger partial charge < -0.3 is 15.5 Å². The first-order chi connectivity index (χ1) is 10.8. The van der Waals surface area contributed by atoms with Gasteiger partial charge in [0.1, 0.15) is 5.60 Å². The van der Waals surface area contributed by atoms with Gasteiger partial charge in [-0.1, -0.05) is 19.3 Å². The maximum absolute atomic E-state index is 14.2. The van der Waals surface area contributed by atoms with Gasteiger partial charge in [0.2, 0.25) is 0 Å². The van der Waals surface area contributed by atoms with Crippen molar-refractivity contribution in [3.63, 3.8) is 0 Å². The normalized spacial score (nSPS) is 23.4. The van der Waals surface area contributed by atoms with E-state index in [1.54, 1.807) is 0 Å². The number of amides is 1. The number of aliphatic hydroxyl groups excluding tert-OH is 1. The van der Waals surface area contributed by atoms with E-state index < -0.39 is 23.0 Å². The van der Waals surface area contributed by atoms with Crippen LogP contribution >= 0.6 is 0 Å². The lowest BCUT2D eigenvalue weighted by Gasteiger charge is -2.46. The zero-order chi connectivity index (χ0) is 17.1. The van der Waals surface area contributed by atoms with Crippen molar-refractivity contribution in [2.75, 3.05) is 26.7 Å². The minimum Gasteiger partial charge on any atom is -0.395 e. The summed E-state index contributed by atoms with van der Waals surface area (Å²) in [6.07, 6.45) is 5.10. The molecule has 2 aliphatic rings.